The zero-order chi connectivity index (χ0) is 15.5. The molecule has 0 bridgehead atoms. The van der Waals surface area contributed by atoms with Crippen molar-refractivity contribution < 1.29 is 9.90 Å². The number of para-hydroxylation sites is 1. The van der Waals surface area contributed by atoms with Crippen LogP contribution in [-0.2, 0) is 11.3 Å². The number of aromatic nitrogens is 2. The highest BCUT2D eigenvalue weighted by Gasteiger charge is 2.25. The number of benzene rings is 1. The fraction of sp³-hybridized carbons (Fsp3) is 0.500. The molecule has 0 amide bonds. The van der Waals surface area contributed by atoms with Gasteiger partial charge in [-0.2, -0.15) is 0 Å². The molecule has 5 nitrogen and oxygen atoms in total. The number of ketones is 1. The van der Waals surface area contributed by atoms with Gasteiger partial charge in [0.2, 0.25) is 0 Å². The summed E-state index contributed by atoms with van der Waals surface area (Å²) < 4.78 is 1.36. The van der Waals surface area contributed by atoms with Crippen LogP contribution in [-0.4, -0.2) is 26.5 Å². The number of fused-ring (bicyclic) bond motifs is 1. The zero-order valence-corrected chi connectivity index (χ0v) is 12.4. The number of hydrogen-bond donors (Lipinski definition) is 1. The van der Waals surface area contributed by atoms with Crippen molar-refractivity contribution in [2.24, 2.45) is 5.92 Å². The van der Waals surface area contributed by atoms with Crippen LogP contribution in [0.3, 0.4) is 0 Å². The van der Waals surface area contributed by atoms with E-state index in [1.54, 1.807) is 18.2 Å². The molecule has 0 radical (unpaired) electrons. The molecule has 1 fully saturated rings. The molecule has 0 unspecified atom stereocenters. The topological polar surface area (TPSA) is 72.2 Å². The second kappa shape index (κ2) is 7.51. The molecule has 3 rings (SSSR count). The standard InChI is InChI=1S/C17H20N2O3.CH4/c20-13(9-12-5-1-4-8-16(12)21)10-19-11-18-15-7-3-2-6-14(15)17(19)22;/h2-3,6-7,11-12,16,21H,1,4-5,8-10H2;1H4/t12-,16+;/m1./s1. The monoisotopic (exact) mass is 316 g/mol. The molecule has 2 atom stereocenters. The van der Waals surface area contributed by atoms with Gasteiger partial charge in [-0.05, 0) is 30.9 Å². The quantitative estimate of drug-likeness (QED) is 0.941. The van der Waals surface area contributed by atoms with Gasteiger partial charge in [-0.1, -0.05) is 32.4 Å². The number of aliphatic hydroxyl groups is 1. The highest BCUT2D eigenvalue weighted by atomic mass is 16.3. The van der Waals surface area contributed by atoms with Crippen LogP contribution < -0.4 is 5.56 Å². The van der Waals surface area contributed by atoms with Crippen LogP contribution in [0.5, 0.6) is 0 Å². The summed E-state index contributed by atoms with van der Waals surface area (Å²) in [7, 11) is 0. The van der Waals surface area contributed by atoms with E-state index in [1.165, 1.54) is 10.9 Å². The van der Waals surface area contributed by atoms with Crippen LogP contribution in [0.15, 0.2) is 35.4 Å². The summed E-state index contributed by atoms with van der Waals surface area (Å²) in [4.78, 5) is 28.8. The molecule has 1 N–H and O–H groups in total. The van der Waals surface area contributed by atoms with Crippen molar-refractivity contribution >= 4 is 16.7 Å². The number of rotatable bonds is 4. The van der Waals surface area contributed by atoms with Crippen LogP contribution in [0.25, 0.3) is 10.9 Å². The first-order valence-electron chi connectivity index (χ1n) is 7.79. The summed E-state index contributed by atoms with van der Waals surface area (Å²) >= 11 is 0. The fourth-order valence-electron chi connectivity index (χ4n) is 3.19. The Morgan fingerprint density at radius 2 is 2.00 bits per heavy atom. The average molecular weight is 316 g/mol. The molecule has 2 aromatic rings. The van der Waals surface area contributed by atoms with Gasteiger partial charge in [0.05, 0.1) is 29.9 Å². The van der Waals surface area contributed by atoms with E-state index in [4.69, 9.17) is 0 Å². The summed E-state index contributed by atoms with van der Waals surface area (Å²) in [6.07, 6.45) is 5.13. The molecule has 0 spiro atoms. The molecule has 1 heterocycles. The van der Waals surface area contributed by atoms with Crippen LogP contribution >= 0.6 is 0 Å². The minimum atomic E-state index is -0.385. The van der Waals surface area contributed by atoms with Crippen molar-refractivity contribution in [1.29, 1.82) is 0 Å². The molecule has 124 valence electrons. The smallest absolute Gasteiger partial charge is 0.261 e. The van der Waals surface area contributed by atoms with Gasteiger partial charge in [-0.3, -0.25) is 14.2 Å². The summed E-state index contributed by atoms with van der Waals surface area (Å²) in [6, 6.07) is 7.11. The van der Waals surface area contributed by atoms with Crippen molar-refractivity contribution in [3.63, 3.8) is 0 Å². The van der Waals surface area contributed by atoms with Crippen LogP contribution in [0.2, 0.25) is 0 Å². The van der Waals surface area contributed by atoms with Gasteiger partial charge in [-0.15, -0.1) is 0 Å². The van der Waals surface area contributed by atoms with E-state index in [0.29, 0.717) is 17.3 Å². The third-order valence-electron chi connectivity index (χ3n) is 4.44. The lowest BCUT2D eigenvalue weighted by atomic mass is 9.83. The minimum Gasteiger partial charge on any atom is -0.393 e. The largest absolute Gasteiger partial charge is 0.393 e. The van der Waals surface area contributed by atoms with Gasteiger partial charge in [0, 0.05) is 6.42 Å². The maximum atomic E-state index is 12.3. The van der Waals surface area contributed by atoms with E-state index in [9.17, 15) is 14.7 Å². The molecular weight excluding hydrogens is 292 g/mol. The maximum absolute atomic E-state index is 12.3. The molecule has 0 saturated heterocycles. The van der Waals surface area contributed by atoms with Crippen molar-refractivity contribution in [2.75, 3.05) is 0 Å². The van der Waals surface area contributed by atoms with Gasteiger partial charge in [-0.25, -0.2) is 4.98 Å². The summed E-state index contributed by atoms with van der Waals surface area (Å²) in [5.74, 6) is 0.00972. The molecule has 1 aliphatic rings. The van der Waals surface area contributed by atoms with E-state index in [0.717, 1.165) is 25.7 Å². The van der Waals surface area contributed by atoms with E-state index in [1.807, 2.05) is 6.07 Å². The lowest BCUT2D eigenvalue weighted by molar-refractivity contribution is -0.122. The predicted molar refractivity (Wildman–Crippen MR) is 90.3 cm³/mol. The Kier molecular flexibility index (Phi) is 5.66. The van der Waals surface area contributed by atoms with Crippen LogP contribution in [0.1, 0.15) is 39.5 Å². The highest BCUT2D eigenvalue weighted by molar-refractivity contribution is 5.80. The number of hydrogen-bond acceptors (Lipinski definition) is 4. The van der Waals surface area contributed by atoms with E-state index < -0.39 is 0 Å². The van der Waals surface area contributed by atoms with Crippen molar-refractivity contribution in [2.45, 2.75) is 52.2 Å². The minimum absolute atomic E-state index is 0. The third-order valence-corrected chi connectivity index (χ3v) is 4.44. The molecule has 23 heavy (non-hydrogen) atoms. The van der Waals surface area contributed by atoms with Crippen molar-refractivity contribution in [1.82, 2.24) is 9.55 Å². The second-order valence-electron chi connectivity index (χ2n) is 6.05. The summed E-state index contributed by atoms with van der Waals surface area (Å²) in [5.41, 5.74) is 0.446. The van der Waals surface area contributed by atoms with Gasteiger partial charge in [0.1, 0.15) is 0 Å². The van der Waals surface area contributed by atoms with Crippen LogP contribution in [0, 0.1) is 5.92 Å². The molecule has 5 heteroatoms. The lowest BCUT2D eigenvalue weighted by Crippen LogP contribution is -2.30. The SMILES string of the molecule is C.O=C(C[C@H]1CCCC[C@@H]1O)Cn1cnc2ccccc2c1=O. The van der Waals surface area contributed by atoms with E-state index >= 15 is 0 Å². The Morgan fingerprint density at radius 3 is 2.78 bits per heavy atom. The predicted octanol–water partition coefficient (Wildman–Crippen LogP) is 2.54. The van der Waals surface area contributed by atoms with Gasteiger partial charge >= 0.3 is 0 Å². The Labute approximate surface area is 136 Å². The van der Waals surface area contributed by atoms with E-state index in [2.05, 4.69) is 4.98 Å². The number of carbonyl (C=O) groups is 1. The second-order valence-corrected chi connectivity index (χ2v) is 6.05. The lowest BCUT2D eigenvalue weighted by Gasteiger charge is -2.26. The molecule has 1 aromatic heterocycles. The first kappa shape index (κ1) is 17.3. The molecule has 0 aliphatic heterocycles. The number of nitrogens with zero attached hydrogens (tertiary/aromatic N) is 2. The summed E-state index contributed by atoms with van der Waals surface area (Å²) in [5, 5.41) is 10.5. The Balaban J connectivity index is 0.00000192. The van der Waals surface area contributed by atoms with Crippen molar-refractivity contribution in [3.8, 4) is 0 Å². The fourth-order valence-corrected chi connectivity index (χ4v) is 3.19. The third kappa shape index (κ3) is 3.85. The average Bonchev–Trinajstić information content (AvgIpc) is 2.53. The van der Waals surface area contributed by atoms with Crippen LogP contribution in [0.4, 0.5) is 0 Å². The maximum Gasteiger partial charge on any atom is 0.261 e. The molecule has 1 saturated carbocycles. The van der Waals surface area contributed by atoms with Gasteiger partial charge < -0.3 is 5.11 Å². The normalized spacial score (nSPS) is 20.9. The molecule has 1 aromatic carbocycles. The van der Waals surface area contributed by atoms with E-state index in [-0.39, 0.29) is 37.3 Å². The molecule has 1 aliphatic carbocycles. The van der Waals surface area contributed by atoms with Crippen molar-refractivity contribution in [3.05, 3.63) is 40.9 Å². The number of Topliss-reactive ketones (excluding diaryl/α,β-unsaturated/α-hetero) is 1. The first-order valence-corrected chi connectivity index (χ1v) is 7.79. The zero-order valence-electron chi connectivity index (χ0n) is 12.4. The van der Waals surface area contributed by atoms with Gasteiger partial charge in [0.15, 0.2) is 5.78 Å². The number of aliphatic hydroxyl groups excluding tert-OH is 1. The summed E-state index contributed by atoms with van der Waals surface area (Å²) in [6.45, 7) is 0.0277. The Morgan fingerprint density at radius 1 is 1.26 bits per heavy atom. The first-order chi connectivity index (χ1) is 10.6. The van der Waals surface area contributed by atoms with Gasteiger partial charge in [0.25, 0.3) is 5.56 Å². The Hall–Kier alpha value is -2.01. The molecular formula is C18H24N2O3. The number of carbonyl (C=O) groups excluding carboxylic acids is 1. The highest BCUT2D eigenvalue weighted by Crippen LogP contribution is 2.27. The Bertz CT molecular complexity index is 738.